The molecule has 2 aromatic rings. The number of aliphatic imine (C=N–C) groups is 1. The Morgan fingerprint density at radius 2 is 1.52 bits per heavy atom. The Hall–Kier alpha value is -2.91. The number of halogens is 6. The molecule has 0 unspecified atom stereocenters. The number of hydrogen-bond acceptors (Lipinski definition) is 5. The van der Waals surface area contributed by atoms with E-state index in [1.165, 1.54) is 17.0 Å². The molecule has 40 heavy (non-hydrogen) atoms. The maximum Gasteiger partial charge on any atom is 0.416 e. The molecule has 7 nitrogen and oxygen atoms in total. The lowest BCUT2D eigenvalue weighted by Crippen LogP contribution is -2.51. The number of carbonyl (C=O) groups excluding carboxylic acids is 2. The minimum absolute atomic E-state index is 0.00926. The monoisotopic (exact) mass is 605 g/mol. The van der Waals surface area contributed by atoms with E-state index in [-0.39, 0.29) is 54.4 Å². The maximum absolute atomic E-state index is 13.6. The molecule has 2 fully saturated rings. The second kappa shape index (κ2) is 10.2. The van der Waals surface area contributed by atoms with Crippen LogP contribution in [0.2, 0.25) is 0 Å². The molecule has 2 heterocycles. The second-order valence-corrected chi connectivity index (χ2v) is 12.5. The molecule has 1 saturated heterocycles. The fourth-order valence-electron chi connectivity index (χ4n) is 4.78. The van der Waals surface area contributed by atoms with E-state index in [1.54, 1.807) is 0 Å². The van der Waals surface area contributed by atoms with Crippen molar-refractivity contribution in [1.29, 1.82) is 0 Å². The third-order valence-corrected chi connectivity index (χ3v) is 9.87. The van der Waals surface area contributed by atoms with Gasteiger partial charge >= 0.3 is 12.4 Å². The lowest BCUT2D eigenvalue weighted by Gasteiger charge is -2.34. The Bertz CT molecular complexity index is 1480. The number of benzene rings is 2. The topological polar surface area (TPSA) is 87.1 Å². The minimum atomic E-state index is -4.84. The van der Waals surface area contributed by atoms with Crippen molar-refractivity contribution < 1.29 is 44.3 Å². The minimum Gasteiger partial charge on any atom is -0.340 e. The summed E-state index contributed by atoms with van der Waals surface area (Å²) >= 11 is 0.921. The van der Waals surface area contributed by atoms with Gasteiger partial charge in [0.15, 0.2) is 0 Å². The second-order valence-electron chi connectivity index (χ2n) is 9.64. The average molecular weight is 606 g/mol. The van der Waals surface area contributed by atoms with Crippen molar-refractivity contribution in [3.8, 4) is 0 Å². The predicted molar refractivity (Wildman–Crippen MR) is 133 cm³/mol. The van der Waals surface area contributed by atoms with E-state index in [0.717, 1.165) is 40.3 Å². The van der Waals surface area contributed by atoms with Crippen LogP contribution >= 0.6 is 11.8 Å². The first-order valence-electron chi connectivity index (χ1n) is 12.1. The van der Waals surface area contributed by atoms with E-state index in [2.05, 4.69) is 4.99 Å². The molecule has 1 aliphatic carbocycles. The number of thioether (sulfide) groups is 1. The van der Waals surface area contributed by atoms with Crippen molar-refractivity contribution >= 4 is 38.6 Å². The van der Waals surface area contributed by atoms with Crippen molar-refractivity contribution in [2.24, 2.45) is 10.9 Å². The highest BCUT2D eigenvalue weighted by atomic mass is 32.2. The van der Waals surface area contributed by atoms with Crippen LogP contribution in [0, 0.1) is 5.92 Å². The smallest absolute Gasteiger partial charge is 0.340 e. The number of hydrogen-bond donors (Lipinski definition) is 0. The lowest BCUT2D eigenvalue weighted by atomic mass is 10.1. The van der Waals surface area contributed by atoms with Crippen LogP contribution < -0.4 is 0 Å². The summed E-state index contributed by atoms with van der Waals surface area (Å²) in [5.41, 5.74) is -1.49. The molecule has 0 spiro atoms. The van der Waals surface area contributed by atoms with Crippen molar-refractivity contribution in [1.82, 2.24) is 9.21 Å². The standard InChI is InChI=1S/C25H21F6N3O4S2/c26-24(27,28)16-3-1-14(2-4-16)19-12-20(19)23(36)33-5-7-34(8-6-33)40(37,38)18-10-15(22-32-21(35)13-39-22)9-17(11-18)25(29,30)31/h1-4,9-11,19-20H,5-8,12-13H2/t19-,20+/m0/s1. The Morgan fingerprint density at radius 3 is 2.08 bits per heavy atom. The van der Waals surface area contributed by atoms with Crippen molar-refractivity contribution in [2.45, 2.75) is 29.6 Å². The molecule has 0 bridgehead atoms. The normalized spacial score (nSPS) is 22.4. The lowest BCUT2D eigenvalue weighted by molar-refractivity contribution is -0.138. The molecule has 5 rings (SSSR count). The Balaban J connectivity index is 1.27. The zero-order valence-electron chi connectivity index (χ0n) is 20.5. The van der Waals surface area contributed by atoms with E-state index in [9.17, 15) is 44.3 Å². The first-order valence-corrected chi connectivity index (χ1v) is 14.5. The third kappa shape index (κ3) is 5.77. The van der Waals surface area contributed by atoms with Gasteiger partial charge in [-0.1, -0.05) is 23.9 Å². The molecule has 0 N–H and O–H groups in total. The van der Waals surface area contributed by atoms with Crippen LogP contribution in [0.1, 0.15) is 34.6 Å². The van der Waals surface area contributed by atoms with E-state index >= 15 is 0 Å². The van der Waals surface area contributed by atoms with Gasteiger partial charge in [0.05, 0.1) is 21.8 Å². The fourth-order valence-corrected chi connectivity index (χ4v) is 7.05. The number of alkyl halides is 6. The van der Waals surface area contributed by atoms with Crippen molar-refractivity contribution in [2.75, 3.05) is 31.9 Å². The fraction of sp³-hybridized carbons (Fsp3) is 0.400. The molecular formula is C25H21F6N3O4S2. The highest BCUT2D eigenvalue weighted by Crippen LogP contribution is 2.49. The summed E-state index contributed by atoms with van der Waals surface area (Å²) < 4.78 is 107. The Morgan fingerprint density at radius 1 is 0.900 bits per heavy atom. The van der Waals surface area contributed by atoms with E-state index in [0.29, 0.717) is 18.1 Å². The van der Waals surface area contributed by atoms with Gasteiger partial charge in [-0.2, -0.15) is 30.6 Å². The molecule has 3 aliphatic rings. The highest BCUT2D eigenvalue weighted by molar-refractivity contribution is 8.15. The number of piperazine rings is 1. The zero-order valence-corrected chi connectivity index (χ0v) is 22.1. The van der Waals surface area contributed by atoms with Crippen LogP contribution in [0.4, 0.5) is 26.3 Å². The Kier molecular flexibility index (Phi) is 7.28. The molecule has 15 heteroatoms. The van der Waals surface area contributed by atoms with Crippen LogP contribution in [0.25, 0.3) is 0 Å². The Labute approximate surface area is 229 Å². The van der Waals surface area contributed by atoms with Gasteiger partial charge in [-0.15, -0.1) is 0 Å². The molecule has 2 aromatic carbocycles. The van der Waals surface area contributed by atoms with Gasteiger partial charge in [0.25, 0.3) is 5.91 Å². The number of sulfonamides is 1. The van der Waals surface area contributed by atoms with Gasteiger partial charge in [0.1, 0.15) is 5.04 Å². The molecule has 2 aliphatic heterocycles. The number of rotatable bonds is 5. The van der Waals surface area contributed by atoms with Gasteiger partial charge in [0, 0.05) is 37.7 Å². The van der Waals surface area contributed by atoms with Crippen LogP contribution in [0.5, 0.6) is 0 Å². The first-order chi connectivity index (χ1) is 18.6. The van der Waals surface area contributed by atoms with E-state index in [4.69, 9.17) is 0 Å². The molecule has 214 valence electrons. The summed E-state index contributed by atoms with van der Waals surface area (Å²) in [7, 11) is -4.38. The van der Waals surface area contributed by atoms with Crippen LogP contribution in [-0.4, -0.2) is 66.4 Å². The van der Waals surface area contributed by atoms with Gasteiger partial charge in [-0.05, 0) is 48.2 Å². The quantitative estimate of drug-likeness (QED) is 0.473. The summed E-state index contributed by atoms with van der Waals surface area (Å²) in [5, 5.41) is 0.00926. The molecule has 2 atom stereocenters. The van der Waals surface area contributed by atoms with Crippen molar-refractivity contribution in [3.05, 3.63) is 64.7 Å². The zero-order chi connectivity index (χ0) is 29.0. The van der Waals surface area contributed by atoms with E-state index in [1.807, 2.05) is 0 Å². The number of amides is 2. The summed E-state index contributed by atoms with van der Waals surface area (Å²) in [6.45, 7) is -0.272. The summed E-state index contributed by atoms with van der Waals surface area (Å²) in [6, 6.07) is 6.98. The number of nitrogens with zero attached hydrogens (tertiary/aromatic N) is 3. The summed E-state index contributed by atoms with van der Waals surface area (Å²) in [6.07, 6.45) is -8.84. The van der Waals surface area contributed by atoms with Crippen LogP contribution in [0.15, 0.2) is 52.4 Å². The maximum atomic E-state index is 13.6. The van der Waals surface area contributed by atoms with Gasteiger partial charge < -0.3 is 4.90 Å². The average Bonchev–Trinajstić information content (AvgIpc) is 3.59. The number of carbonyl (C=O) groups is 2. The molecular weight excluding hydrogens is 584 g/mol. The predicted octanol–water partition coefficient (Wildman–Crippen LogP) is 4.38. The summed E-state index contributed by atoms with van der Waals surface area (Å²) in [4.78, 5) is 29.0. The molecule has 2 amide bonds. The highest BCUT2D eigenvalue weighted by Gasteiger charge is 2.47. The molecule has 1 saturated carbocycles. The van der Waals surface area contributed by atoms with Gasteiger partial charge in [-0.25, -0.2) is 13.4 Å². The largest absolute Gasteiger partial charge is 0.416 e. The van der Waals surface area contributed by atoms with E-state index < -0.39 is 50.2 Å². The van der Waals surface area contributed by atoms with Crippen molar-refractivity contribution in [3.63, 3.8) is 0 Å². The molecule has 0 radical (unpaired) electrons. The van der Waals surface area contributed by atoms with Crippen LogP contribution in [-0.2, 0) is 32.0 Å². The van der Waals surface area contributed by atoms with Crippen LogP contribution in [0.3, 0.4) is 0 Å². The SMILES string of the molecule is O=C1CSC(c2cc(C(F)(F)F)cc(S(=O)(=O)N3CCN(C(=O)[C@@H]4C[C@H]4c4ccc(C(F)(F)F)cc4)CC3)c2)=N1. The van der Waals surface area contributed by atoms with Gasteiger partial charge in [0.2, 0.25) is 15.9 Å². The molecule has 0 aromatic heterocycles. The first kappa shape index (κ1) is 28.6. The summed E-state index contributed by atoms with van der Waals surface area (Å²) in [5.74, 6) is -1.49. The van der Waals surface area contributed by atoms with Gasteiger partial charge in [-0.3, -0.25) is 9.59 Å². The third-order valence-electron chi connectivity index (χ3n) is 7.00.